The summed E-state index contributed by atoms with van der Waals surface area (Å²) in [4.78, 5) is 14.2. The summed E-state index contributed by atoms with van der Waals surface area (Å²) in [5.74, 6) is -1.38. The number of aryl methyl sites for hydroxylation is 1. The maximum absolute atomic E-state index is 11.0. The van der Waals surface area contributed by atoms with Crippen LogP contribution < -0.4 is 5.73 Å². The number of aliphatic carboxylic acids is 1. The van der Waals surface area contributed by atoms with E-state index in [2.05, 4.69) is 4.98 Å². The maximum Gasteiger partial charge on any atom is 0.312 e. The molecule has 1 aromatic heterocycles. The van der Waals surface area contributed by atoms with Crippen molar-refractivity contribution < 1.29 is 9.90 Å². The molecule has 0 saturated heterocycles. The van der Waals surface area contributed by atoms with Crippen LogP contribution in [0.25, 0.3) is 0 Å². The van der Waals surface area contributed by atoms with Gasteiger partial charge in [-0.3, -0.25) is 4.79 Å². The summed E-state index contributed by atoms with van der Waals surface area (Å²) in [5, 5.41) is 9.05. The highest BCUT2D eigenvalue weighted by Gasteiger charge is 2.25. The Morgan fingerprint density at radius 3 is 2.93 bits per heavy atom. The molecule has 0 aliphatic heterocycles. The molecule has 1 unspecified atom stereocenters. The van der Waals surface area contributed by atoms with Crippen LogP contribution in [0.15, 0.2) is 6.20 Å². The van der Waals surface area contributed by atoms with E-state index in [9.17, 15) is 4.79 Å². The summed E-state index contributed by atoms with van der Waals surface area (Å²) < 4.78 is 0. The molecule has 1 aliphatic carbocycles. The Balaban J connectivity index is 2.35. The fraction of sp³-hybridized carbons (Fsp3) is 0.545. The second-order valence-corrected chi connectivity index (χ2v) is 4.03. The number of carbonyl (C=O) groups is 1. The average molecular weight is 208 g/mol. The largest absolute Gasteiger partial charge is 0.481 e. The van der Waals surface area contributed by atoms with Crippen molar-refractivity contribution in [2.45, 2.75) is 31.6 Å². The highest BCUT2D eigenvalue weighted by Crippen LogP contribution is 2.28. The number of rotatable bonds is 3. The predicted octanol–water partition coefficient (Wildman–Crippen LogP) is 1.02. The molecule has 1 aliphatic rings. The molecule has 1 atom stereocenters. The van der Waals surface area contributed by atoms with Gasteiger partial charge in [0.1, 0.15) is 0 Å². The molecule has 0 fully saturated rings. The lowest BCUT2D eigenvalue weighted by Crippen LogP contribution is -2.22. The Labute approximate surface area is 88.5 Å². The second-order valence-electron chi connectivity index (χ2n) is 4.03. The van der Waals surface area contributed by atoms with E-state index in [1.807, 2.05) is 6.20 Å². The van der Waals surface area contributed by atoms with Crippen molar-refractivity contribution in [2.24, 2.45) is 5.73 Å². The average Bonchev–Trinajstić information content (AvgIpc) is 2.63. The van der Waals surface area contributed by atoms with Crippen LogP contribution >= 0.6 is 0 Å². The first-order chi connectivity index (χ1) is 7.24. The summed E-state index contributed by atoms with van der Waals surface area (Å²) in [7, 11) is 0. The van der Waals surface area contributed by atoms with Gasteiger partial charge in [0.2, 0.25) is 0 Å². The number of hydrogen-bond acceptors (Lipinski definition) is 2. The van der Waals surface area contributed by atoms with Crippen LogP contribution in [0.4, 0.5) is 0 Å². The van der Waals surface area contributed by atoms with Crippen molar-refractivity contribution in [3.63, 3.8) is 0 Å². The number of carboxylic acids is 1. The third-order valence-electron chi connectivity index (χ3n) is 3.13. The number of H-pyrrole nitrogens is 1. The number of nitrogens with one attached hydrogen (secondary N) is 1. The number of carboxylic acid groups (broad SMARTS) is 1. The van der Waals surface area contributed by atoms with Crippen molar-refractivity contribution >= 4 is 5.97 Å². The SMILES string of the molecule is NCC(C(=O)O)c1c[nH]c2c1CCCC2. The molecule has 2 rings (SSSR count). The molecule has 0 saturated carbocycles. The standard InChI is InChI=1S/C11H16N2O2/c12-5-8(11(14)15)9-6-13-10-4-2-1-3-7(9)10/h6,8,13H,1-5,12H2,(H,14,15). The second kappa shape index (κ2) is 4.06. The molecule has 4 heteroatoms. The highest BCUT2D eigenvalue weighted by molar-refractivity contribution is 5.77. The zero-order valence-electron chi connectivity index (χ0n) is 8.62. The summed E-state index contributed by atoms with van der Waals surface area (Å²) in [6, 6.07) is 0. The molecule has 4 nitrogen and oxygen atoms in total. The molecule has 0 spiro atoms. The Bertz CT molecular complexity index is 371. The minimum absolute atomic E-state index is 0.166. The summed E-state index contributed by atoms with van der Waals surface area (Å²) in [6.07, 6.45) is 6.17. The van der Waals surface area contributed by atoms with E-state index in [4.69, 9.17) is 10.8 Å². The molecule has 1 aromatic rings. The van der Waals surface area contributed by atoms with Crippen molar-refractivity contribution in [3.8, 4) is 0 Å². The minimum atomic E-state index is -0.829. The van der Waals surface area contributed by atoms with Crippen molar-refractivity contribution in [1.29, 1.82) is 0 Å². The summed E-state index contributed by atoms with van der Waals surface area (Å²) in [6.45, 7) is 0.166. The first-order valence-corrected chi connectivity index (χ1v) is 5.36. The number of fused-ring (bicyclic) bond motifs is 1. The smallest absolute Gasteiger partial charge is 0.312 e. The third-order valence-corrected chi connectivity index (χ3v) is 3.13. The normalized spacial score (nSPS) is 17.1. The van der Waals surface area contributed by atoms with E-state index in [1.54, 1.807) is 0 Å². The molecule has 0 radical (unpaired) electrons. The van der Waals surface area contributed by atoms with Gasteiger partial charge < -0.3 is 15.8 Å². The van der Waals surface area contributed by atoms with Gasteiger partial charge in [0, 0.05) is 18.4 Å². The molecule has 4 N–H and O–H groups in total. The number of aromatic amines is 1. The van der Waals surface area contributed by atoms with E-state index in [-0.39, 0.29) is 6.54 Å². The van der Waals surface area contributed by atoms with Crippen LogP contribution in [-0.2, 0) is 17.6 Å². The molecule has 0 amide bonds. The van der Waals surface area contributed by atoms with Gasteiger partial charge in [0.25, 0.3) is 0 Å². The number of hydrogen-bond donors (Lipinski definition) is 3. The fourth-order valence-corrected chi connectivity index (χ4v) is 2.31. The highest BCUT2D eigenvalue weighted by atomic mass is 16.4. The van der Waals surface area contributed by atoms with Crippen LogP contribution in [0.5, 0.6) is 0 Å². The monoisotopic (exact) mass is 208 g/mol. The quantitative estimate of drug-likeness (QED) is 0.694. The van der Waals surface area contributed by atoms with Crippen LogP contribution in [0.1, 0.15) is 35.6 Å². The van der Waals surface area contributed by atoms with Crippen molar-refractivity contribution in [2.75, 3.05) is 6.54 Å². The Morgan fingerprint density at radius 1 is 1.53 bits per heavy atom. The van der Waals surface area contributed by atoms with Crippen LogP contribution in [0.3, 0.4) is 0 Å². The molecule has 0 bridgehead atoms. The van der Waals surface area contributed by atoms with E-state index < -0.39 is 11.9 Å². The predicted molar refractivity (Wildman–Crippen MR) is 56.9 cm³/mol. The number of aromatic nitrogens is 1. The molecule has 0 aromatic carbocycles. The van der Waals surface area contributed by atoms with E-state index in [0.29, 0.717) is 0 Å². The lowest BCUT2D eigenvalue weighted by Gasteiger charge is -2.15. The van der Waals surface area contributed by atoms with Gasteiger partial charge in [-0.1, -0.05) is 0 Å². The van der Waals surface area contributed by atoms with Gasteiger partial charge in [-0.15, -0.1) is 0 Å². The molecule has 15 heavy (non-hydrogen) atoms. The van der Waals surface area contributed by atoms with Crippen molar-refractivity contribution in [1.82, 2.24) is 4.98 Å². The lowest BCUT2D eigenvalue weighted by molar-refractivity contribution is -0.138. The third kappa shape index (κ3) is 1.77. The zero-order valence-corrected chi connectivity index (χ0v) is 8.62. The minimum Gasteiger partial charge on any atom is -0.481 e. The first-order valence-electron chi connectivity index (χ1n) is 5.36. The maximum atomic E-state index is 11.0. The zero-order chi connectivity index (χ0) is 10.8. The van der Waals surface area contributed by atoms with Crippen LogP contribution in [0.2, 0.25) is 0 Å². The Hall–Kier alpha value is -1.29. The van der Waals surface area contributed by atoms with Crippen molar-refractivity contribution in [3.05, 3.63) is 23.0 Å². The summed E-state index contributed by atoms with van der Waals surface area (Å²) in [5.41, 5.74) is 8.79. The van der Waals surface area contributed by atoms with Crippen LogP contribution in [0, 0.1) is 0 Å². The lowest BCUT2D eigenvalue weighted by atomic mass is 9.89. The fourth-order valence-electron chi connectivity index (χ4n) is 2.31. The van der Waals surface area contributed by atoms with Gasteiger partial charge in [0.05, 0.1) is 5.92 Å². The topological polar surface area (TPSA) is 79.1 Å². The van der Waals surface area contributed by atoms with Gasteiger partial charge >= 0.3 is 5.97 Å². The van der Waals surface area contributed by atoms with Gasteiger partial charge in [-0.2, -0.15) is 0 Å². The first kappa shape index (κ1) is 10.2. The van der Waals surface area contributed by atoms with E-state index in [0.717, 1.165) is 24.8 Å². The summed E-state index contributed by atoms with van der Waals surface area (Å²) >= 11 is 0. The van der Waals surface area contributed by atoms with E-state index in [1.165, 1.54) is 17.7 Å². The Morgan fingerprint density at radius 2 is 2.27 bits per heavy atom. The van der Waals surface area contributed by atoms with Gasteiger partial charge in [-0.25, -0.2) is 0 Å². The van der Waals surface area contributed by atoms with Gasteiger partial charge in [-0.05, 0) is 36.8 Å². The molecular weight excluding hydrogens is 192 g/mol. The molecule has 1 heterocycles. The molecular formula is C11H16N2O2. The molecule has 82 valence electrons. The van der Waals surface area contributed by atoms with Crippen LogP contribution in [-0.4, -0.2) is 22.6 Å². The number of nitrogens with two attached hydrogens (primary N) is 1. The van der Waals surface area contributed by atoms with E-state index >= 15 is 0 Å². The Kier molecular flexibility index (Phi) is 2.77. The van der Waals surface area contributed by atoms with Gasteiger partial charge in [0.15, 0.2) is 0 Å².